The van der Waals surface area contributed by atoms with Gasteiger partial charge in [-0.2, -0.15) is 0 Å². The monoisotopic (exact) mass is 283 g/mol. The lowest BCUT2D eigenvalue weighted by atomic mass is 10.0. The van der Waals surface area contributed by atoms with Crippen molar-refractivity contribution in [2.24, 2.45) is 5.92 Å². The van der Waals surface area contributed by atoms with Crippen molar-refractivity contribution in [2.75, 3.05) is 19.8 Å². The molecule has 0 aromatic heterocycles. The van der Waals surface area contributed by atoms with E-state index in [1.54, 1.807) is 0 Å². The van der Waals surface area contributed by atoms with E-state index < -0.39 is 0 Å². The van der Waals surface area contributed by atoms with Crippen LogP contribution in [0.25, 0.3) is 0 Å². The molecule has 1 aliphatic heterocycles. The highest BCUT2D eigenvalue weighted by molar-refractivity contribution is 9.10. The van der Waals surface area contributed by atoms with Crippen molar-refractivity contribution >= 4 is 15.9 Å². The number of halogens is 1. The molecule has 0 radical (unpaired) electrons. The van der Waals surface area contributed by atoms with Gasteiger partial charge in [0.1, 0.15) is 0 Å². The van der Waals surface area contributed by atoms with E-state index in [9.17, 15) is 0 Å². The predicted molar refractivity (Wildman–Crippen MR) is 69.4 cm³/mol. The first kappa shape index (κ1) is 12.1. The molecule has 1 saturated heterocycles. The van der Waals surface area contributed by atoms with Crippen LogP contribution in [0.4, 0.5) is 0 Å². The molecule has 1 N–H and O–H groups in total. The van der Waals surface area contributed by atoms with Crippen molar-refractivity contribution in [3.05, 3.63) is 34.3 Å². The summed E-state index contributed by atoms with van der Waals surface area (Å²) in [6.45, 7) is 3.91. The molecule has 0 unspecified atom stereocenters. The van der Waals surface area contributed by atoms with E-state index in [-0.39, 0.29) is 0 Å². The number of hydrogen-bond acceptors (Lipinski definition) is 2. The van der Waals surface area contributed by atoms with Crippen LogP contribution in [0.1, 0.15) is 18.4 Å². The van der Waals surface area contributed by atoms with Crippen molar-refractivity contribution in [3.63, 3.8) is 0 Å². The lowest BCUT2D eigenvalue weighted by Crippen LogP contribution is -2.27. The summed E-state index contributed by atoms with van der Waals surface area (Å²) in [6, 6.07) is 8.37. The SMILES string of the molecule is Brc1ccccc1CNCC1CCOCC1. The Morgan fingerprint density at radius 1 is 1.25 bits per heavy atom. The fourth-order valence-electron chi connectivity index (χ4n) is 2.00. The van der Waals surface area contributed by atoms with E-state index in [2.05, 4.69) is 39.4 Å². The molecular formula is C13H18BrNO. The van der Waals surface area contributed by atoms with Gasteiger partial charge in [-0.05, 0) is 36.9 Å². The molecule has 88 valence electrons. The summed E-state index contributed by atoms with van der Waals surface area (Å²) in [5.41, 5.74) is 1.33. The molecule has 1 aromatic rings. The highest BCUT2D eigenvalue weighted by Crippen LogP contribution is 2.16. The second kappa shape index (κ2) is 6.38. The number of rotatable bonds is 4. The van der Waals surface area contributed by atoms with Crippen LogP contribution in [-0.4, -0.2) is 19.8 Å². The number of hydrogen-bond donors (Lipinski definition) is 1. The molecular weight excluding hydrogens is 266 g/mol. The van der Waals surface area contributed by atoms with Crippen molar-refractivity contribution in [3.8, 4) is 0 Å². The maximum Gasteiger partial charge on any atom is 0.0469 e. The molecule has 1 fully saturated rings. The maximum atomic E-state index is 5.35. The maximum absolute atomic E-state index is 5.35. The molecule has 1 aliphatic rings. The molecule has 2 rings (SSSR count). The first-order valence-electron chi connectivity index (χ1n) is 5.88. The number of benzene rings is 1. The second-order valence-electron chi connectivity index (χ2n) is 4.28. The molecule has 0 aliphatic carbocycles. The van der Waals surface area contributed by atoms with Crippen molar-refractivity contribution < 1.29 is 4.74 Å². The van der Waals surface area contributed by atoms with Gasteiger partial charge in [0.15, 0.2) is 0 Å². The van der Waals surface area contributed by atoms with Gasteiger partial charge in [0.25, 0.3) is 0 Å². The summed E-state index contributed by atoms with van der Waals surface area (Å²) >= 11 is 3.56. The molecule has 2 nitrogen and oxygen atoms in total. The summed E-state index contributed by atoms with van der Waals surface area (Å²) in [6.07, 6.45) is 2.39. The smallest absolute Gasteiger partial charge is 0.0469 e. The Balaban J connectivity index is 1.73. The minimum atomic E-state index is 0.788. The summed E-state index contributed by atoms with van der Waals surface area (Å²) in [5, 5.41) is 3.53. The third-order valence-electron chi connectivity index (χ3n) is 3.05. The van der Waals surface area contributed by atoms with E-state index >= 15 is 0 Å². The zero-order valence-electron chi connectivity index (χ0n) is 9.42. The van der Waals surface area contributed by atoms with Crippen LogP contribution in [0, 0.1) is 5.92 Å². The lowest BCUT2D eigenvalue weighted by Gasteiger charge is -2.22. The first-order valence-corrected chi connectivity index (χ1v) is 6.67. The van der Waals surface area contributed by atoms with E-state index in [1.807, 2.05) is 6.07 Å². The van der Waals surface area contributed by atoms with E-state index in [0.717, 1.165) is 32.2 Å². The third kappa shape index (κ3) is 3.58. The Labute approximate surface area is 106 Å². The summed E-state index contributed by atoms with van der Waals surface area (Å²) in [7, 11) is 0. The topological polar surface area (TPSA) is 21.3 Å². The summed E-state index contributed by atoms with van der Waals surface area (Å²) in [5.74, 6) is 0.788. The molecule has 16 heavy (non-hydrogen) atoms. The first-order chi connectivity index (χ1) is 7.86. The van der Waals surface area contributed by atoms with Gasteiger partial charge in [-0.1, -0.05) is 34.1 Å². The quantitative estimate of drug-likeness (QED) is 0.917. The highest BCUT2D eigenvalue weighted by atomic mass is 79.9. The van der Waals surface area contributed by atoms with Gasteiger partial charge in [-0.3, -0.25) is 0 Å². The summed E-state index contributed by atoms with van der Waals surface area (Å²) in [4.78, 5) is 0. The van der Waals surface area contributed by atoms with Crippen LogP contribution in [0.15, 0.2) is 28.7 Å². The van der Waals surface area contributed by atoms with Gasteiger partial charge in [0.2, 0.25) is 0 Å². The van der Waals surface area contributed by atoms with Crippen LogP contribution in [0.3, 0.4) is 0 Å². The van der Waals surface area contributed by atoms with Crippen LogP contribution in [0.2, 0.25) is 0 Å². The number of nitrogens with one attached hydrogen (secondary N) is 1. The predicted octanol–water partition coefficient (Wildman–Crippen LogP) is 2.97. The second-order valence-corrected chi connectivity index (χ2v) is 5.13. The average molecular weight is 284 g/mol. The van der Waals surface area contributed by atoms with Crippen LogP contribution >= 0.6 is 15.9 Å². The largest absolute Gasteiger partial charge is 0.381 e. The Morgan fingerprint density at radius 2 is 2.00 bits per heavy atom. The standard InChI is InChI=1S/C13H18BrNO/c14-13-4-2-1-3-12(13)10-15-9-11-5-7-16-8-6-11/h1-4,11,15H,5-10H2. The van der Waals surface area contributed by atoms with Crippen molar-refractivity contribution in [1.29, 1.82) is 0 Å². The number of ether oxygens (including phenoxy) is 1. The highest BCUT2D eigenvalue weighted by Gasteiger charge is 2.12. The van der Waals surface area contributed by atoms with Crippen LogP contribution in [-0.2, 0) is 11.3 Å². The van der Waals surface area contributed by atoms with E-state index in [0.29, 0.717) is 0 Å². The molecule has 0 bridgehead atoms. The molecule has 0 atom stereocenters. The fourth-order valence-corrected chi connectivity index (χ4v) is 2.43. The zero-order valence-corrected chi connectivity index (χ0v) is 11.0. The van der Waals surface area contributed by atoms with Gasteiger partial charge in [-0.15, -0.1) is 0 Å². The molecule has 1 heterocycles. The van der Waals surface area contributed by atoms with Gasteiger partial charge in [-0.25, -0.2) is 0 Å². The Bertz CT molecular complexity index is 323. The molecule has 0 saturated carbocycles. The normalized spacial score (nSPS) is 17.6. The van der Waals surface area contributed by atoms with Gasteiger partial charge in [0.05, 0.1) is 0 Å². The van der Waals surface area contributed by atoms with Crippen LogP contribution in [0.5, 0.6) is 0 Å². The van der Waals surface area contributed by atoms with E-state index in [4.69, 9.17) is 4.74 Å². The van der Waals surface area contributed by atoms with Crippen LogP contribution < -0.4 is 5.32 Å². The average Bonchev–Trinajstić information content (AvgIpc) is 2.33. The molecule has 0 spiro atoms. The molecule has 3 heteroatoms. The minimum Gasteiger partial charge on any atom is -0.381 e. The van der Waals surface area contributed by atoms with Gasteiger partial charge >= 0.3 is 0 Å². The fraction of sp³-hybridized carbons (Fsp3) is 0.538. The van der Waals surface area contributed by atoms with Crippen molar-refractivity contribution in [1.82, 2.24) is 5.32 Å². The Kier molecular flexibility index (Phi) is 4.82. The third-order valence-corrected chi connectivity index (χ3v) is 3.82. The van der Waals surface area contributed by atoms with Gasteiger partial charge in [0, 0.05) is 24.2 Å². The summed E-state index contributed by atoms with van der Waals surface area (Å²) < 4.78 is 6.54. The Morgan fingerprint density at radius 3 is 2.75 bits per heavy atom. The lowest BCUT2D eigenvalue weighted by molar-refractivity contribution is 0.0662. The van der Waals surface area contributed by atoms with Crippen molar-refractivity contribution in [2.45, 2.75) is 19.4 Å². The Hall–Kier alpha value is -0.380. The van der Waals surface area contributed by atoms with Gasteiger partial charge < -0.3 is 10.1 Å². The molecule has 0 amide bonds. The minimum absolute atomic E-state index is 0.788. The zero-order chi connectivity index (χ0) is 11.2. The van der Waals surface area contributed by atoms with E-state index in [1.165, 1.54) is 22.9 Å². The molecule has 1 aromatic carbocycles.